The molecule has 14 heteroatoms. The lowest BCUT2D eigenvalue weighted by Gasteiger charge is -2.26. The van der Waals surface area contributed by atoms with E-state index in [-0.39, 0.29) is 34.3 Å². The van der Waals surface area contributed by atoms with Crippen molar-refractivity contribution in [1.82, 2.24) is 9.13 Å². The third kappa shape index (κ3) is 20.3. The van der Waals surface area contributed by atoms with Gasteiger partial charge < -0.3 is 9.80 Å². The average Bonchev–Trinajstić information content (AvgIpc) is 1.14. The fourth-order valence-corrected chi connectivity index (χ4v) is 32.2. The number of aromatic nitrogens is 2. The summed E-state index contributed by atoms with van der Waals surface area (Å²) < 4.78 is 5.70. The Morgan fingerprint density at radius 1 is 0.209 bits per heavy atom. The Bertz CT molecular complexity index is 7530. The van der Waals surface area contributed by atoms with Gasteiger partial charge in [0.05, 0.1) is 0 Å². The van der Waals surface area contributed by atoms with E-state index in [4.69, 9.17) is 0 Å². The number of hydrogen-bond donors (Lipinski definition) is 0. The van der Waals surface area contributed by atoms with Gasteiger partial charge in [-0.2, -0.15) is 0 Å². The van der Waals surface area contributed by atoms with E-state index in [9.17, 15) is 0 Å². The van der Waals surface area contributed by atoms with Gasteiger partial charge >= 0.3 is 0 Å². The van der Waals surface area contributed by atoms with Crippen LogP contribution in [0.15, 0.2) is 250 Å². The van der Waals surface area contributed by atoms with Crippen LogP contribution in [0.2, 0.25) is 0 Å². The number of anilines is 6. The van der Waals surface area contributed by atoms with Gasteiger partial charge in [-0.3, -0.25) is 28.3 Å². The van der Waals surface area contributed by atoms with Crippen molar-refractivity contribution < 1.29 is 0 Å². The predicted molar refractivity (Wildman–Crippen MR) is 652 cm³/mol. The Hall–Kier alpha value is -11.2. The number of thiophene rings is 6. The first-order valence-electron chi connectivity index (χ1n) is 56.8. The first-order valence-corrected chi connectivity index (χ1v) is 61.7. The van der Waals surface area contributed by atoms with E-state index in [2.05, 4.69) is 296 Å². The normalized spacial score (nSPS) is 12.3. The second kappa shape index (κ2) is 47.1. The molecule has 0 amide bonds. The number of pyridine rings is 2. The number of hydrogen-bond acceptors (Lipinski definition) is 12. The third-order valence-corrected chi connectivity index (χ3v) is 40.0. The number of rotatable bonds is 54. The van der Waals surface area contributed by atoms with Crippen LogP contribution in [0.5, 0.6) is 0 Å². The summed E-state index contributed by atoms with van der Waals surface area (Å²) in [5.41, 5.74) is 14.0. The maximum Gasteiger partial charge on any atom is 0.261 e. The molecule has 0 spiro atoms. The first kappa shape index (κ1) is 103. The summed E-state index contributed by atoms with van der Waals surface area (Å²) in [7, 11) is 0. The van der Waals surface area contributed by atoms with Crippen LogP contribution in [0.4, 0.5) is 34.1 Å². The minimum absolute atomic E-state index is 0.193. The molecule has 0 aliphatic heterocycles. The van der Waals surface area contributed by atoms with E-state index >= 15 is 19.2 Å². The monoisotopic (exact) mass is 2060 g/mol. The van der Waals surface area contributed by atoms with Gasteiger partial charge in [0.2, 0.25) is 0 Å². The van der Waals surface area contributed by atoms with Crippen molar-refractivity contribution in [1.29, 1.82) is 0 Å². The molecule has 0 aliphatic carbocycles. The molecule has 8 nitrogen and oxygen atoms in total. The molecule has 0 saturated carbocycles. The Morgan fingerprint density at radius 3 is 0.743 bits per heavy atom. The summed E-state index contributed by atoms with van der Waals surface area (Å²) in [6.07, 6.45) is 42.3. The fourth-order valence-electron chi connectivity index (χ4n) is 24.5. The summed E-state index contributed by atoms with van der Waals surface area (Å²) in [6, 6.07) is 85.1. The lowest BCUT2D eigenvalue weighted by molar-refractivity contribution is 0.384. The molecule has 148 heavy (non-hydrogen) atoms. The molecule has 0 saturated heterocycles. The molecule has 0 fully saturated rings. The summed E-state index contributed by atoms with van der Waals surface area (Å²) in [6.45, 7) is 18.3. The molecule has 8 heterocycles. The van der Waals surface area contributed by atoms with Gasteiger partial charge in [-0.1, -0.05) is 332 Å². The molecule has 0 aliphatic rings. The second-order valence-electron chi connectivity index (χ2n) is 42.5. The standard InChI is InChI=1S/C134H144N4O4S6/c1-9-17-25-37-53-89-79-115(147-125(89)87-69-73-99(74-70-87)135(93-57-45-33-46-58-93)94-59-47-34-48-60-94)127-91(55-39-27-19-11-3)77-111(143-127)113-85-103-101-81-107-117-110(134(142)137(131(107)139)97(65-41-29-21-13-5)66-42-30-22-14-6)84-106-122-120-102(82-108-118-109(83-105(129(103)145-113)121(124(118)120)119(101)123(117)122)133(141)138(132(108)140)98(67-43-31-23-15-7)68-44-32-24-16-8)104-86-114(146-130(104)106)112-78-92(56-40-28-20-12-4)128(144-112)116-80-90(54-38-26-18-10-2)126(148-116)88-71-75-100(76-72-88)136(95-61-49-35-50-62-95)96-63-51-36-52-64-96/h33-36,45-52,57-64,69-86,97-98H,9-32,37-44,53-56,65-68H2,1-8H3. The van der Waals surface area contributed by atoms with Crippen LogP contribution in [0.3, 0.4) is 0 Å². The Morgan fingerprint density at radius 2 is 0.453 bits per heavy atom. The lowest BCUT2D eigenvalue weighted by Crippen LogP contribution is -2.37. The van der Waals surface area contributed by atoms with Crippen LogP contribution in [0, 0.1) is 0 Å². The molecule has 21 aromatic rings. The van der Waals surface area contributed by atoms with Gasteiger partial charge in [0.1, 0.15) is 0 Å². The van der Waals surface area contributed by atoms with E-state index in [0.29, 0.717) is 21.5 Å². The smallest absolute Gasteiger partial charge is 0.261 e. The van der Waals surface area contributed by atoms with Gasteiger partial charge in [-0.15, -0.1) is 68.0 Å². The zero-order valence-corrected chi connectivity index (χ0v) is 93.1. The SMILES string of the molecule is CCCCCCc1cc(-c2sc(-c3cc4c5cc6c(=O)n(C(CCCCCC)CCCCCC)c(=O)c7cc8c9sc(-c%10cc(CCCCCC)c(-c%11cc(CCCCCC)c(-c%12ccc(N(c%13ccccc%13)c%13ccccc%13)cc%12)s%11)s%10)cc9c9cc%10c(=O)n(C(CCCCCC)CCCCCC)c(=O)c%11cc(c4s3)c3c5c(c67)c8c9c3c%10%11)cc2CCCCCC)sc1-c1ccc(N(c2ccccc2)c2ccccc2)cc1. The number of nitrogens with zero attached hydrogens (tertiary/aromatic N) is 4. The molecule has 0 bridgehead atoms. The van der Waals surface area contributed by atoms with Gasteiger partial charge in [0.25, 0.3) is 22.2 Å². The van der Waals surface area contributed by atoms with Crippen molar-refractivity contribution in [3.8, 4) is 59.9 Å². The van der Waals surface area contributed by atoms with E-state index in [1.165, 1.54) is 124 Å². The molecule has 0 radical (unpaired) electrons. The Balaban J connectivity index is 0.805. The minimum atomic E-state index is -0.282. The number of benzene rings is 13. The van der Waals surface area contributed by atoms with E-state index in [1.807, 2.05) is 68.0 Å². The lowest BCUT2D eigenvalue weighted by atomic mass is 9.78. The van der Waals surface area contributed by atoms with Gasteiger partial charge in [0.15, 0.2) is 0 Å². The molecule has 21 rings (SSSR count). The second-order valence-corrected chi connectivity index (χ2v) is 48.8. The summed E-state index contributed by atoms with van der Waals surface area (Å²) in [5, 5.41) is 15.9. The maximum absolute atomic E-state index is 17.0. The van der Waals surface area contributed by atoms with Crippen molar-refractivity contribution in [2.24, 2.45) is 0 Å². The highest BCUT2D eigenvalue weighted by Crippen LogP contribution is 2.60. The number of para-hydroxylation sites is 4. The molecule has 8 aromatic heterocycles. The highest BCUT2D eigenvalue weighted by atomic mass is 32.1. The third-order valence-electron chi connectivity index (χ3n) is 32.1. The average molecular weight is 2070 g/mol. The Kier molecular flexibility index (Phi) is 32.7. The highest BCUT2D eigenvalue weighted by Gasteiger charge is 2.36. The van der Waals surface area contributed by atoms with E-state index in [0.717, 1.165) is 334 Å². The molecular formula is C134H144N4O4S6. The quantitative estimate of drug-likeness (QED) is 0.0215. The molecule has 0 N–H and O–H groups in total. The Labute approximate surface area is 898 Å². The van der Waals surface area contributed by atoms with Crippen LogP contribution in [0.25, 0.3) is 166 Å². The van der Waals surface area contributed by atoms with Crippen LogP contribution in [-0.2, 0) is 25.7 Å². The topological polar surface area (TPSA) is 84.6 Å². The predicted octanol–water partition coefficient (Wildman–Crippen LogP) is 42.2. The van der Waals surface area contributed by atoms with Crippen LogP contribution in [0.1, 0.15) is 321 Å². The molecule has 0 unspecified atom stereocenters. The van der Waals surface area contributed by atoms with Gasteiger partial charge in [-0.25, -0.2) is 0 Å². The number of aryl methyl sites for hydroxylation is 4. The van der Waals surface area contributed by atoms with Crippen LogP contribution < -0.4 is 32.0 Å². The van der Waals surface area contributed by atoms with Crippen molar-refractivity contribution >= 4 is 208 Å². The van der Waals surface area contributed by atoms with E-state index < -0.39 is 0 Å². The number of fused-ring (bicyclic) bond motifs is 6. The van der Waals surface area contributed by atoms with Crippen molar-refractivity contribution in [2.45, 2.75) is 324 Å². The van der Waals surface area contributed by atoms with Gasteiger partial charge in [-0.05, 0) is 265 Å². The highest BCUT2D eigenvalue weighted by molar-refractivity contribution is 7.30. The summed E-state index contributed by atoms with van der Waals surface area (Å²) in [5.74, 6) is 0. The van der Waals surface area contributed by atoms with Crippen molar-refractivity contribution in [3.05, 3.63) is 294 Å². The maximum atomic E-state index is 17.0. The van der Waals surface area contributed by atoms with Crippen LogP contribution >= 0.6 is 68.0 Å². The molecule has 760 valence electrons. The fraction of sp³-hybridized carbons (Fsp3) is 0.373. The van der Waals surface area contributed by atoms with Crippen molar-refractivity contribution in [2.75, 3.05) is 9.80 Å². The van der Waals surface area contributed by atoms with Crippen LogP contribution in [-0.4, -0.2) is 9.13 Å². The zero-order chi connectivity index (χ0) is 101. The largest absolute Gasteiger partial charge is 0.311 e. The first-order chi connectivity index (χ1) is 72.8. The van der Waals surface area contributed by atoms with E-state index in [1.54, 1.807) is 9.13 Å². The van der Waals surface area contributed by atoms with Gasteiger partial charge in [0, 0.05) is 180 Å². The minimum Gasteiger partial charge on any atom is -0.311 e. The zero-order valence-electron chi connectivity index (χ0n) is 88.2. The molecule has 0 atom stereocenters. The van der Waals surface area contributed by atoms with Crippen molar-refractivity contribution in [3.63, 3.8) is 0 Å². The molecule has 13 aromatic carbocycles. The molecular weight excluding hydrogens is 1920 g/mol. The number of unbranched alkanes of at least 4 members (excludes halogenated alkanes) is 24. The summed E-state index contributed by atoms with van der Waals surface area (Å²) >= 11 is 11.5. The summed E-state index contributed by atoms with van der Waals surface area (Å²) in [4.78, 5) is 85.6.